The van der Waals surface area contributed by atoms with E-state index < -0.39 is 0 Å². The van der Waals surface area contributed by atoms with Crippen molar-refractivity contribution in [1.82, 2.24) is 15.5 Å². The number of nitrogens with one attached hydrogen (secondary N) is 2. The summed E-state index contributed by atoms with van der Waals surface area (Å²) < 4.78 is 10.9. The van der Waals surface area contributed by atoms with Gasteiger partial charge in [-0.05, 0) is 49.4 Å². The van der Waals surface area contributed by atoms with Crippen LogP contribution in [-0.2, 0) is 17.6 Å². The van der Waals surface area contributed by atoms with E-state index in [-0.39, 0.29) is 17.7 Å². The third-order valence-corrected chi connectivity index (χ3v) is 6.92. The molecule has 1 heterocycles. The molecule has 6 nitrogen and oxygen atoms in total. The summed E-state index contributed by atoms with van der Waals surface area (Å²) in [6, 6.07) is 1.71. The van der Waals surface area contributed by atoms with Gasteiger partial charge in [-0.2, -0.15) is 5.10 Å². The van der Waals surface area contributed by atoms with E-state index in [0.29, 0.717) is 28.1 Å². The van der Waals surface area contributed by atoms with Gasteiger partial charge in [-0.1, -0.05) is 29.8 Å². The van der Waals surface area contributed by atoms with Gasteiger partial charge in [-0.3, -0.25) is 9.89 Å². The largest absolute Gasteiger partial charge is 0.495 e. The van der Waals surface area contributed by atoms with E-state index in [9.17, 15) is 4.79 Å². The number of fused-ring (bicyclic) bond motifs is 1. The molecule has 3 unspecified atom stereocenters. The maximum atomic E-state index is 11.6. The Morgan fingerprint density at radius 2 is 2.06 bits per heavy atom. The smallest absolute Gasteiger partial charge is 0.243 e. The van der Waals surface area contributed by atoms with Gasteiger partial charge >= 0.3 is 0 Å². The van der Waals surface area contributed by atoms with Gasteiger partial charge in [0.05, 0.1) is 30.0 Å². The zero-order valence-corrected chi connectivity index (χ0v) is 20.4. The molecule has 168 valence electrons. The summed E-state index contributed by atoms with van der Waals surface area (Å²) in [5, 5.41) is 11.8. The molecule has 0 saturated carbocycles. The lowest BCUT2D eigenvalue weighted by Crippen LogP contribution is -2.27. The van der Waals surface area contributed by atoms with Crippen molar-refractivity contribution in [2.75, 3.05) is 26.9 Å². The van der Waals surface area contributed by atoms with Gasteiger partial charge in [-0.15, -0.1) is 9.24 Å². The first-order chi connectivity index (χ1) is 14.9. The number of aromatic nitrogens is 2. The summed E-state index contributed by atoms with van der Waals surface area (Å²) in [6.45, 7) is 4.05. The second-order valence-corrected chi connectivity index (χ2v) is 8.89. The SMILES string of the molecule is C=CC(=O)NCC(CCP)c1n[nH]c2c1CCC(c1c(Cl)c(OC)cc(OC)c1Cl)C2. The molecule has 0 saturated heterocycles. The Morgan fingerprint density at radius 3 is 2.65 bits per heavy atom. The number of hydrogen-bond donors (Lipinski definition) is 2. The first-order valence-electron chi connectivity index (χ1n) is 10.2. The highest BCUT2D eigenvalue weighted by Gasteiger charge is 2.31. The second kappa shape index (κ2) is 10.7. The lowest BCUT2D eigenvalue weighted by molar-refractivity contribution is -0.116. The molecule has 0 radical (unpaired) electrons. The van der Waals surface area contributed by atoms with Crippen molar-refractivity contribution < 1.29 is 14.3 Å². The number of benzene rings is 1. The molecule has 1 aliphatic rings. The van der Waals surface area contributed by atoms with E-state index in [0.717, 1.165) is 48.8 Å². The van der Waals surface area contributed by atoms with Crippen molar-refractivity contribution in [3.05, 3.63) is 51.3 Å². The minimum atomic E-state index is -0.172. The highest BCUT2D eigenvalue weighted by molar-refractivity contribution is 7.16. The van der Waals surface area contributed by atoms with Crippen molar-refractivity contribution >= 4 is 38.3 Å². The number of rotatable bonds is 9. The molecule has 2 N–H and O–H groups in total. The zero-order chi connectivity index (χ0) is 22.5. The summed E-state index contributed by atoms with van der Waals surface area (Å²) in [5.74, 6) is 1.18. The second-order valence-electron chi connectivity index (χ2n) is 7.55. The lowest BCUT2D eigenvalue weighted by atomic mass is 9.80. The quantitative estimate of drug-likeness (QED) is 0.401. The Hall–Kier alpha value is -1.75. The van der Waals surface area contributed by atoms with Crippen LogP contribution in [0.15, 0.2) is 18.7 Å². The van der Waals surface area contributed by atoms with Crippen LogP contribution in [0.4, 0.5) is 0 Å². The summed E-state index contributed by atoms with van der Waals surface area (Å²) in [5.41, 5.74) is 4.19. The molecule has 0 spiro atoms. The summed E-state index contributed by atoms with van der Waals surface area (Å²) >= 11 is 13.3. The molecule has 1 aromatic heterocycles. The first-order valence-corrected chi connectivity index (χ1v) is 11.8. The van der Waals surface area contributed by atoms with Crippen LogP contribution >= 0.6 is 32.4 Å². The predicted octanol–water partition coefficient (Wildman–Crippen LogP) is 4.66. The normalized spacial score (nSPS) is 16.4. The van der Waals surface area contributed by atoms with Crippen LogP contribution in [0.3, 0.4) is 0 Å². The number of amides is 1. The average Bonchev–Trinajstić information content (AvgIpc) is 3.20. The number of carbonyl (C=O) groups is 1. The van der Waals surface area contributed by atoms with Crippen molar-refractivity contribution in [3.63, 3.8) is 0 Å². The molecule has 31 heavy (non-hydrogen) atoms. The van der Waals surface area contributed by atoms with Crippen LogP contribution in [0.25, 0.3) is 0 Å². The third kappa shape index (κ3) is 5.02. The minimum absolute atomic E-state index is 0.116. The highest BCUT2D eigenvalue weighted by atomic mass is 35.5. The number of aromatic amines is 1. The van der Waals surface area contributed by atoms with Crippen molar-refractivity contribution in [2.45, 2.75) is 37.5 Å². The number of carbonyl (C=O) groups excluding carboxylic acids is 1. The number of methoxy groups -OCH3 is 2. The van der Waals surface area contributed by atoms with E-state index in [1.807, 2.05) is 0 Å². The van der Waals surface area contributed by atoms with Gasteiger partial charge in [-0.25, -0.2) is 0 Å². The molecule has 9 heteroatoms. The van der Waals surface area contributed by atoms with Gasteiger partial charge in [0.25, 0.3) is 0 Å². The lowest BCUT2D eigenvalue weighted by Gasteiger charge is -2.26. The molecular formula is C22H28Cl2N3O3P. The molecular weight excluding hydrogens is 456 g/mol. The molecule has 0 fully saturated rings. The number of H-pyrrole nitrogens is 1. The zero-order valence-electron chi connectivity index (χ0n) is 17.8. The van der Waals surface area contributed by atoms with Crippen LogP contribution in [-0.4, -0.2) is 43.0 Å². The number of nitrogens with zero attached hydrogens (tertiary/aromatic N) is 1. The monoisotopic (exact) mass is 483 g/mol. The topological polar surface area (TPSA) is 76.2 Å². The fraction of sp³-hybridized carbons (Fsp3) is 0.455. The summed E-state index contributed by atoms with van der Waals surface area (Å²) in [7, 11) is 5.91. The Morgan fingerprint density at radius 1 is 1.39 bits per heavy atom. The maximum absolute atomic E-state index is 11.6. The van der Waals surface area contributed by atoms with Gasteiger partial charge in [0.1, 0.15) is 11.5 Å². The number of ether oxygens (including phenoxy) is 2. The Bertz CT molecular complexity index is 936. The number of halogens is 2. The third-order valence-electron chi connectivity index (χ3n) is 5.80. The van der Waals surface area contributed by atoms with Crippen molar-refractivity contribution in [1.29, 1.82) is 0 Å². The molecule has 0 bridgehead atoms. The molecule has 3 atom stereocenters. The summed E-state index contributed by atoms with van der Waals surface area (Å²) in [4.78, 5) is 11.6. The van der Waals surface area contributed by atoms with Crippen LogP contribution in [0.1, 0.15) is 47.2 Å². The van der Waals surface area contributed by atoms with E-state index in [4.69, 9.17) is 32.7 Å². The van der Waals surface area contributed by atoms with Crippen LogP contribution < -0.4 is 14.8 Å². The van der Waals surface area contributed by atoms with E-state index in [1.165, 1.54) is 11.6 Å². The molecule has 2 aromatic rings. The molecule has 1 amide bonds. The van der Waals surface area contributed by atoms with Gasteiger partial charge in [0.2, 0.25) is 5.91 Å². The highest BCUT2D eigenvalue weighted by Crippen LogP contribution is 2.47. The van der Waals surface area contributed by atoms with E-state index >= 15 is 0 Å². The number of hydrogen-bond acceptors (Lipinski definition) is 4. The Balaban J connectivity index is 1.88. The average molecular weight is 484 g/mol. The Labute approximate surface area is 195 Å². The first kappa shape index (κ1) is 23.9. The van der Waals surface area contributed by atoms with Gasteiger partial charge in [0.15, 0.2) is 0 Å². The van der Waals surface area contributed by atoms with Crippen molar-refractivity contribution in [3.8, 4) is 11.5 Å². The molecule has 1 aromatic carbocycles. The van der Waals surface area contributed by atoms with Gasteiger partial charge < -0.3 is 14.8 Å². The van der Waals surface area contributed by atoms with E-state index in [1.54, 1.807) is 20.3 Å². The van der Waals surface area contributed by atoms with Crippen molar-refractivity contribution in [2.24, 2.45) is 0 Å². The van der Waals surface area contributed by atoms with Crippen LogP contribution in [0.5, 0.6) is 11.5 Å². The van der Waals surface area contributed by atoms with Crippen LogP contribution in [0.2, 0.25) is 10.0 Å². The predicted molar refractivity (Wildman–Crippen MR) is 128 cm³/mol. The fourth-order valence-corrected chi connectivity index (χ4v) is 5.42. The molecule has 0 aliphatic heterocycles. The fourth-order valence-electron chi connectivity index (χ4n) is 4.21. The summed E-state index contributed by atoms with van der Waals surface area (Å²) in [6.07, 6.45) is 5.59. The standard InChI is InChI=1S/C22H28Cl2N3O3P/c1-4-18(28)25-11-13(7-8-31)22-14-6-5-12(9-15(14)26-27-22)19-20(23)16(29-2)10-17(30-3)21(19)24/h4,10,12-13H,1,5-9,11,31H2,2-3H3,(H,25,28)(H,26,27). The minimum Gasteiger partial charge on any atom is -0.495 e. The Kier molecular flexibility index (Phi) is 8.26. The van der Waals surface area contributed by atoms with Crippen LogP contribution in [0, 0.1) is 0 Å². The van der Waals surface area contributed by atoms with E-state index in [2.05, 4.69) is 31.3 Å². The van der Waals surface area contributed by atoms with Gasteiger partial charge in [0, 0.05) is 29.8 Å². The molecule has 1 aliphatic carbocycles. The maximum Gasteiger partial charge on any atom is 0.243 e. The molecule has 3 rings (SSSR count).